The topological polar surface area (TPSA) is 83.8 Å². The Labute approximate surface area is 253 Å². The zero-order valence-corrected chi connectivity index (χ0v) is 25.5. The predicted molar refractivity (Wildman–Crippen MR) is 163 cm³/mol. The molecule has 0 spiro atoms. The molecule has 1 amide bonds. The van der Waals surface area contributed by atoms with Gasteiger partial charge in [-0.1, -0.05) is 64.1 Å². The molecule has 40 heavy (non-hydrogen) atoms. The van der Waals surface area contributed by atoms with Crippen LogP contribution < -0.4 is 9.73 Å². The summed E-state index contributed by atoms with van der Waals surface area (Å²) >= 11 is 24.6. The molecule has 7 nitrogen and oxygen atoms in total. The van der Waals surface area contributed by atoms with Crippen molar-refractivity contribution in [2.45, 2.75) is 25.7 Å². The monoisotopic (exact) mass is 636 g/mol. The number of anilines is 1. The SMILES string of the molecule is Cc1ccc(S(=O)(=O)N(CC(=O)N/N=C\c2cc(C)n(-c3cc(Cl)cc(Cl)c3)c2C)c2cc(Cl)cc(Cl)c2)cc1. The van der Waals surface area contributed by atoms with Crippen LogP contribution in [0, 0.1) is 20.8 Å². The smallest absolute Gasteiger partial charge is 0.264 e. The molecule has 0 aliphatic rings. The van der Waals surface area contributed by atoms with Crippen molar-refractivity contribution in [3.63, 3.8) is 0 Å². The van der Waals surface area contributed by atoms with E-state index in [2.05, 4.69) is 10.5 Å². The molecular weight excluding hydrogens is 614 g/mol. The van der Waals surface area contributed by atoms with Crippen molar-refractivity contribution < 1.29 is 13.2 Å². The summed E-state index contributed by atoms with van der Waals surface area (Å²) in [6.07, 6.45) is 1.48. The van der Waals surface area contributed by atoms with Crippen LogP contribution in [0.2, 0.25) is 20.1 Å². The van der Waals surface area contributed by atoms with Gasteiger partial charge in [-0.25, -0.2) is 13.8 Å². The molecule has 1 N–H and O–H groups in total. The minimum absolute atomic E-state index is 0.0130. The number of hydrogen-bond donors (Lipinski definition) is 1. The second-order valence-corrected chi connectivity index (χ2v) is 12.6. The van der Waals surface area contributed by atoms with E-state index in [0.717, 1.165) is 32.5 Å². The van der Waals surface area contributed by atoms with Crippen molar-refractivity contribution in [2.75, 3.05) is 10.8 Å². The molecule has 0 aliphatic carbocycles. The minimum Gasteiger partial charge on any atom is -0.318 e. The number of amides is 1. The molecule has 0 radical (unpaired) electrons. The molecule has 0 aliphatic heterocycles. The van der Waals surface area contributed by atoms with Crippen LogP contribution in [0.25, 0.3) is 5.69 Å². The Hall–Kier alpha value is -3.01. The van der Waals surface area contributed by atoms with E-state index in [4.69, 9.17) is 46.4 Å². The number of carbonyl (C=O) groups excluding carboxylic acids is 1. The standard InChI is InChI=1S/C28H24Cl4N4O3S/c1-17-4-6-27(7-5-17)40(38,39)35(25-11-21(29)9-22(30)12-25)16-28(37)34-33-15-20-8-18(2)36(19(20)3)26-13-23(31)10-24(32)14-26/h4-15H,16H2,1-3H3,(H,34,37)/b33-15-. The number of nitrogens with one attached hydrogen (secondary N) is 1. The molecule has 0 unspecified atom stereocenters. The van der Waals surface area contributed by atoms with E-state index in [0.29, 0.717) is 10.0 Å². The Bertz CT molecular complexity index is 1680. The van der Waals surface area contributed by atoms with E-state index >= 15 is 0 Å². The van der Waals surface area contributed by atoms with Crippen molar-refractivity contribution in [2.24, 2.45) is 5.10 Å². The maximum atomic E-state index is 13.6. The summed E-state index contributed by atoms with van der Waals surface area (Å²) in [7, 11) is -4.14. The summed E-state index contributed by atoms with van der Waals surface area (Å²) in [5, 5.41) is 5.52. The first-order valence-corrected chi connectivity index (χ1v) is 14.8. The number of benzene rings is 3. The Morgan fingerprint density at radius 1 is 0.875 bits per heavy atom. The normalized spacial score (nSPS) is 11.7. The Balaban J connectivity index is 1.58. The van der Waals surface area contributed by atoms with Gasteiger partial charge in [0.15, 0.2) is 0 Å². The van der Waals surface area contributed by atoms with Gasteiger partial charge in [-0.2, -0.15) is 5.10 Å². The molecule has 3 aromatic carbocycles. The van der Waals surface area contributed by atoms with Crippen LogP contribution in [0.15, 0.2) is 76.7 Å². The highest BCUT2D eigenvalue weighted by atomic mass is 35.5. The second-order valence-electron chi connectivity index (χ2n) is 9.04. The van der Waals surface area contributed by atoms with Gasteiger partial charge in [0.2, 0.25) is 0 Å². The first-order valence-electron chi connectivity index (χ1n) is 11.9. The maximum absolute atomic E-state index is 13.6. The fourth-order valence-electron chi connectivity index (χ4n) is 4.16. The number of nitrogens with zero attached hydrogens (tertiary/aromatic N) is 3. The average molecular weight is 638 g/mol. The van der Waals surface area contributed by atoms with Gasteiger partial charge in [-0.05, 0) is 75.4 Å². The molecule has 208 valence electrons. The number of halogens is 4. The second kappa shape index (κ2) is 12.2. The zero-order chi connectivity index (χ0) is 29.2. The average Bonchev–Trinajstić information content (AvgIpc) is 3.14. The summed E-state index contributed by atoms with van der Waals surface area (Å²) in [4.78, 5) is 13.0. The number of carbonyl (C=O) groups is 1. The zero-order valence-electron chi connectivity index (χ0n) is 21.6. The Morgan fingerprint density at radius 2 is 1.43 bits per heavy atom. The number of hydrazone groups is 1. The summed E-state index contributed by atoms with van der Waals surface area (Å²) in [6.45, 7) is 5.09. The first-order chi connectivity index (χ1) is 18.8. The molecule has 4 rings (SSSR count). The van der Waals surface area contributed by atoms with Crippen LogP contribution in [0.4, 0.5) is 5.69 Å². The molecular formula is C28H24Cl4N4O3S. The number of aryl methyl sites for hydroxylation is 2. The van der Waals surface area contributed by atoms with Crippen LogP contribution in [0.5, 0.6) is 0 Å². The third-order valence-electron chi connectivity index (χ3n) is 6.00. The van der Waals surface area contributed by atoms with Gasteiger partial charge in [0.1, 0.15) is 6.54 Å². The molecule has 1 heterocycles. The van der Waals surface area contributed by atoms with E-state index < -0.39 is 22.5 Å². The fourth-order valence-corrected chi connectivity index (χ4v) is 6.59. The largest absolute Gasteiger partial charge is 0.318 e. The van der Waals surface area contributed by atoms with Crippen LogP contribution in [-0.2, 0) is 14.8 Å². The third-order valence-corrected chi connectivity index (χ3v) is 8.66. The predicted octanol–water partition coefficient (Wildman–Crippen LogP) is 7.36. The highest BCUT2D eigenvalue weighted by molar-refractivity contribution is 7.92. The van der Waals surface area contributed by atoms with Crippen molar-refractivity contribution in [3.05, 3.63) is 109 Å². The number of sulfonamides is 1. The highest BCUT2D eigenvalue weighted by Gasteiger charge is 2.28. The molecule has 1 aromatic heterocycles. The summed E-state index contributed by atoms with van der Waals surface area (Å²) in [6, 6.07) is 17.7. The molecule has 12 heteroatoms. The van der Waals surface area contributed by atoms with Crippen LogP contribution in [0.1, 0.15) is 22.5 Å². The van der Waals surface area contributed by atoms with E-state index in [9.17, 15) is 13.2 Å². The highest BCUT2D eigenvalue weighted by Crippen LogP contribution is 2.30. The van der Waals surface area contributed by atoms with Crippen molar-refractivity contribution in [1.82, 2.24) is 9.99 Å². The van der Waals surface area contributed by atoms with E-state index in [1.165, 1.54) is 36.5 Å². The van der Waals surface area contributed by atoms with Crippen molar-refractivity contribution >= 4 is 74.2 Å². The molecule has 0 bridgehead atoms. The van der Waals surface area contributed by atoms with Gasteiger partial charge in [0.25, 0.3) is 15.9 Å². The van der Waals surface area contributed by atoms with Crippen LogP contribution in [0.3, 0.4) is 0 Å². The fraction of sp³-hybridized carbons (Fsp3) is 0.143. The van der Waals surface area contributed by atoms with Crippen molar-refractivity contribution in [1.29, 1.82) is 0 Å². The van der Waals surface area contributed by atoms with E-state index in [1.54, 1.807) is 30.3 Å². The molecule has 4 aromatic rings. The Morgan fingerprint density at radius 3 is 2.00 bits per heavy atom. The van der Waals surface area contributed by atoms with Crippen LogP contribution in [-0.4, -0.2) is 31.7 Å². The quantitative estimate of drug-likeness (QED) is 0.162. The first kappa shape index (κ1) is 30.0. The lowest BCUT2D eigenvalue weighted by atomic mass is 10.2. The van der Waals surface area contributed by atoms with Gasteiger partial charge in [0.05, 0.1) is 16.8 Å². The van der Waals surface area contributed by atoms with Gasteiger partial charge >= 0.3 is 0 Å². The molecule has 0 atom stereocenters. The molecule has 0 fully saturated rings. The Kier molecular flexibility index (Phi) is 9.17. The lowest BCUT2D eigenvalue weighted by molar-refractivity contribution is -0.119. The summed E-state index contributed by atoms with van der Waals surface area (Å²) < 4.78 is 30.0. The number of aromatic nitrogens is 1. The van der Waals surface area contributed by atoms with Gasteiger partial charge in [-0.15, -0.1) is 0 Å². The number of rotatable bonds is 8. The molecule has 0 saturated heterocycles. The van der Waals surface area contributed by atoms with Gasteiger partial charge < -0.3 is 4.57 Å². The molecule has 0 saturated carbocycles. The van der Waals surface area contributed by atoms with E-state index in [1.807, 2.05) is 31.4 Å². The van der Waals surface area contributed by atoms with Crippen molar-refractivity contribution in [3.8, 4) is 5.69 Å². The lowest BCUT2D eigenvalue weighted by Gasteiger charge is -2.24. The lowest BCUT2D eigenvalue weighted by Crippen LogP contribution is -2.39. The minimum atomic E-state index is -4.14. The van der Waals surface area contributed by atoms with Gasteiger partial charge in [0, 0.05) is 42.7 Å². The van der Waals surface area contributed by atoms with E-state index in [-0.39, 0.29) is 20.6 Å². The summed E-state index contributed by atoms with van der Waals surface area (Å²) in [5.74, 6) is -0.668. The third kappa shape index (κ3) is 6.82. The van der Waals surface area contributed by atoms with Crippen LogP contribution >= 0.6 is 46.4 Å². The maximum Gasteiger partial charge on any atom is 0.264 e. The number of hydrogen-bond acceptors (Lipinski definition) is 4. The summed E-state index contributed by atoms with van der Waals surface area (Å²) in [5.41, 5.74) is 6.70. The van der Waals surface area contributed by atoms with Gasteiger partial charge in [-0.3, -0.25) is 9.10 Å².